The van der Waals surface area contributed by atoms with E-state index in [1.54, 1.807) is 9.80 Å². The monoisotopic (exact) mass is 1890 g/mol. The number of Topliss-reactive ketones (excluding diaryl/α,β-unsaturated/α-hetero) is 1. The van der Waals surface area contributed by atoms with Gasteiger partial charge in [0.25, 0.3) is 0 Å². The molecule has 1 unspecified atom stereocenters. The molecule has 2 amide bonds. The van der Waals surface area contributed by atoms with Crippen molar-refractivity contribution in [3.05, 3.63) is 235 Å². The number of terminal acetylenes is 1. The maximum Gasteiger partial charge on any atom is 0.223 e. The molecule has 3 aliphatic heterocycles. The number of carboxylic acids is 1. The number of nitrogens with zero attached hydrogens (tertiary/aromatic N) is 10. The Kier molecular flexibility index (Phi) is 37.8. The minimum Gasteiger partial charge on any atom is -0.351 e. The number of aryl methyl sites for hydroxylation is 1. The van der Waals surface area contributed by atoms with Gasteiger partial charge in [-0.2, -0.15) is 0 Å². The van der Waals surface area contributed by atoms with Crippen LogP contribution in [0.15, 0.2) is 146 Å². The molecule has 0 radical (unpaired) electrons. The van der Waals surface area contributed by atoms with Gasteiger partial charge in [-0.15, -0.1) is 23.9 Å². The Hall–Kier alpha value is -9.19. The fourth-order valence-corrected chi connectivity index (χ4v) is 15.4. The van der Waals surface area contributed by atoms with Crippen LogP contribution in [0.1, 0.15) is 115 Å². The normalized spacial score (nSPS) is 16.0. The van der Waals surface area contributed by atoms with Crippen molar-refractivity contribution in [1.29, 1.82) is 0 Å². The van der Waals surface area contributed by atoms with Crippen LogP contribution >= 0.6 is 51.6 Å². The second kappa shape index (κ2) is 48.2. The summed E-state index contributed by atoms with van der Waals surface area (Å²) in [5, 5.41) is 25.4. The molecule has 627 valence electrons. The van der Waals surface area contributed by atoms with Crippen molar-refractivity contribution in [2.75, 3.05) is 86.4 Å². The summed E-state index contributed by atoms with van der Waals surface area (Å²) >= 11 is 10.4. The molecule has 16 rings (SSSR count). The molecule has 7 heterocycles. The zero-order valence-electron chi connectivity index (χ0n) is 66.5. The third kappa shape index (κ3) is 28.0. The van der Waals surface area contributed by atoms with Gasteiger partial charge in [0.05, 0.1) is 36.9 Å². The number of nitrogens with two attached hydrogens (primary N) is 4. The number of carbonyl (C=O) groups is 4. The molecule has 0 saturated carbocycles. The Balaban J connectivity index is 0.000000170. The number of fused-ring (bicyclic) bond motifs is 8. The van der Waals surface area contributed by atoms with E-state index < -0.39 is 5.97 Å². The van der Waals surface area contributed by atoms with E-state index in [-0.39, 0.29) is 68.1 Å². The number of ketones is 1. The van der Waals surface area contributed by atoms with Crippen LogP contribution in [0.2, 0.25) is 0 Å². The number of ether oxygens (including phenoxy) is 3. The van der Waals surface area contributed by atoms with Crippen molar-refractivity contribution >= 4 is 98.9 Å². The van der Waals surface area contributed by atoms with Gasteiger partial charge >= 0.3 is 55.4 Å². The number of nitrogens with one attached hydrogen (secondary N) is 5. The van der Waals surface area contributed by atoms with Gasteiger partial charge in [-0.1, -0.05) is 97.1 Å². The number of alkyl halides is 1. The van der Waals surface area contributed by atoms with E-state index in [1.807, 2.05) is 24.8 Å². The van der Waals surface area contributed by atoms with Crippen LogP contribution in [-0.2, 0) is 146 Å². The van der Waals surface area contributed by atoms with Crippen LogP contribution in [0.4, 0.5) is 23.8 Å². The molecule has 0 fully saturated rings. The Morgan fingerprint density at radius 1 is 0.517 bits per heavy atom. The van der Waals surface area contributed by atoms with Crippen molar-refractivity contribution in [3.63, 3.8) is 0 Å². The standard InChI is InChI=1S/C23H29N5O2.C22H24N4O2.C18H19ClN4O.C16H18N4.C6H12N2O3.2HI.2H3N.V/c24-12-19(25)7-8-30-14-22(29)17-5-6-21-18(9-17)13-26-23(28-21)27-20-10-15-3-1-2-4-16(15)11-20;1-2-3-10-28-15-21(27)26-9-8-20-18(14-26)13-23-22(25-20)24-19-11-16-6-4-5-7-17(16)12-19;19-9-17(24)23-6-5-16-14(11-23)10-20-18(22-16)21-15-7-12-3-1-2-4-13(12)8-15;1-2-4-12-8-14(7-11(12)3-1)19-16-18-10-13-9-17-6-5-15(13)20-16;7-3-5(8)1-2-11-4-6(9)10;;;;;/h1-4,12-13,17,20H,5-11,14,24-25H2,(H,26,27,28);1,4-7,13,19H,3,8-12,14-15H2,(H,23,24,25);1-4,10,15H,5-9,11H2,(H,20,21,22);1-4,10,14,17H,5-9H2,(H,18,19,20);3H,1-2,4,7-8H2,(H,9,10);2*1H;2*1H3;/q;;;;;;;;;+2/p-2/b19-12-;;;;5-3-;;;;;. The zero-order chi connectivity index (χ0) is 81.6. The summed E-state index contributed by atoms with van der Waals surface area (Å²) in [7, 11) is 0.628. The summed E-state index contributed by atoms with van der Waals surface area (Å²) in [6.45, 7) is 5.29. The van der Waals surface area contributed by atoms with Gasteiger partial charge in [0.15, 0.2) is 5.78 Å². The molecule has 4 aromatic carbocycles. The summed E-state index contributed by atoms with van der Waals surface area (Å²) in [5.74, 6) is 4.40. The summed E-state index contributed by atoms with van der Waals surface area (Å²) in [6.07, 6.45) is 29.7. The third-order valence-electron chi connectivity index (χ3n) is 21.2. The van der Waals surface area contributed by atoms with Crippen LogP contribution in [0.3, 0.4) is 0 Å². The largest absolute Gasteiger partial charge is 0.351 e. The fourth-order valence-electron chi connectivity index (χ4n) is 15.2. The first-order chi connectivity index (χ1) is 56.5. The molecule has 33 heteroatoms. The summed E-state index contributed by atoms with van der Waals surface area (Å²) < 4.78 is 15.5. The molecule has 29 nitrogen and oxygen atoms in total. The van der Waals surface area contributed by atoms with Gasteiger partial charge in [-0.3, -0.25) is 14.4 Å². The summed E-state index contributed by atoms with van der Waals surface area (Å²) in [6, 6.07) is 35.8. The van der Waals surface area contributed by atoms with E-state index in [9.17, 15) is 19.2 Å². The van der Waals surface area contributed by atoms with Crippen LogP contribution in [0, 0.1) is 18.3 Å². The van der Waals surface area contributed by atoms with Crippen molar-refractivity contribution in [2.24, 2.45) is 28.9 Å². The number of carboxylic acid groups (broad SMARTS) is 1. The molecule has 0 spiro atoms. The third-order valence-corrected chi connectivity index (χ3v) is 21.5. The zero-order valence-corrected chi connectivity index (χ0v) is 72.9. The summed E-state index contributed by atoms with van der Waals surface area (Å²) in [4.78, 5) is 86.6. The SMILES string of the molecule is C#CCCOCC(=O)N1CCc2nc(NC3Cc4ccccc4C3)ncc2C1.N.N.N/C=C(\N)CCOCC(=O)C1CCc2nc(NC3Cc4ccccc4C3)ncc2C1.N/C=C(\N)CCOCC(=O)O.O=C(CCl)N1CCc2nc(NC3Cc4ccccc4C3)ncc2C1.[I][V][I].c1ccc2c(c1)CC(Nc1ncc3c(n1)CCNC3)C2. The molecule has 0 saturated heterocycles. The Labute approximate surface area is 724 Å². The number of halogens is 3. The second-order valence-electron chi connectivity index (χ2n) is 29.4. The minimum absolute atomic E-state index is 0. The predicted molar refractivity (Wildman–Crippen MR) is 472 cm³/mol. The van der Waals surface area contributed by atoms with E-state index in [0.29, 0.717) is 128 Å². The van der Waals surface area contributed by atoms with Crippen LogP contribution in [0.5, 0.6) is 0 Å². The van der Waals surface area contributed by atoms with Crippen LogP contribution in [-0.4, -0.2) is 168 Å². The second-order valence-corrected chi connectivity index (χ2v) is 41.4. The smallest absolute Gasteiger partial charge is 0.223 e. The quantitative estimate of drug-likeness (QED) is 0.0116. The number of carbonyl (C=O) groups excluding carboxylic acids is 3. The van der Waals surface area contributed by atoms with Crippen LogP contribution in [0.25, 0.3) is 0 Å². The first-order valence-electron chi connectivity index (χ1n) is 39.2. The minimum atomic E-state index is -0.986. The van der Waals surface area contributed by atoms with Gasteiger partial charge in [-0.05, 0) is 121 Å². The van der Waals surface area contributed by atoms with E-state index in [0.717, 1.165) is 136 Å². The topological polar surface area (TPSA) is 460 Å². The molecule has 20 N–H and O–H groups in total. The number of hydrogen-bond acceptors (Lipinski definition) is 26. The number of rotatable bonds is 24. The van der Waals surface area contributed by atoms with Crippen molar-refractivity contribution in [1.82, 2.24) is 67.3 Å². The fraction of sp³-hybridized carbons (Fsp3) is 0.412. The van der Waals surface area contributed by atoms with Crippen molar-refractivity contribution < 1.29 is 48.0 Å². The molecule has 8 aromatic rings. The Morgan fingerprint density at radius 3 is 1.25 bits per heavy atom. The first kappa shape index (κ1) is 92.7. The number of hydrogen-bond donors (Lipinski definition) is 12. The van der Waals surface area contributed by atoms with Gasteiger partial charge in [-0.25, -0.2) is 44.7 Å². The predicted octanol–water partition coefficient (Wildman–Crippen LogP) is 9.09. The maximum atomic E-state index is 12.5. The number of amides is 2. The molecule has 4 aromatic heterocycles. The van der Waals surface area contributed by atoms with E-state index in [4.69, 9.17) is 70.2 Å². The van der Waals surface area contributed by atoms with E-state index in [2.05, 4.69) is 199 Å². The molecule has 8 aliphatic rings. The van der Waals surface area contributed by atoms with E-state index >= 15 is 0 Å². The Bertz CT molecular complexity index is 4660. The average molecular weight is 1890 g/mol. The maximum absolute atomic E-state index is 12.5. The molecular formula is C85H108ClI2N21O8V. The first-order valence-corrected chi connectivity index (χ1v) is 48.8. The number of aromatic nitrogens is 8. The number of aliphatic carboxylic acids is 1. The van der Waals surface area contributed by atoms with Gasteiger partial charge in [0.2, 0.25) is 35.6 Å². The average Bonchev–Trinajstić information content (AvgIpc) is 1.46. The van der Waals surface area contributed by atoms with Gasteiger partial charge < -0.3 is 90.9 Å². The molecule has 5 aliphatic carbocycles. The molecule has 1 atom stereocenters. The van der Waals surface area contributed by atoms with Crippen LogP contribution < -0.4 is 61.8 Å². The number of benzene rings is 4. The van der Waals surface area contributed by atoms with Crippen molar-refractivity contribution in [3.8, 4) is 12.3 Å². The van der Waals surface area contributed by atoms with E-state index in [1.165, 1.54) is 68.2 Å². The van der Waals surface area contributed by atoms with Gasteiger partial charge in [0.1, 0.15) is 25.7 Å². The van der Waals surface area contributed by atoms with Crippen molar-refractivity contribution in [2.45, 2.75) is 153 Å². The molecule has 0 bridgehead atoms. The van der Waals surface area contributed by atoms with Gasteiger partial charge in [0, 0.05) is 179 Å². The Morgan fingerprint density at radius 2 is 0.873 bits per heavy atom. The number of anilines is 4. The molecule has 118 heavy (non-hydrogen) atoms. The summed E-state index contributed by atoms with van der Waals surface area (Å²) in [5.41, 5.74) is 42.3. The molecular weight excluding hydrogens is 1780 g/mol.